The summed E-state index contributed by atoms with van der Waals surface area (Å²) >= 11 is 0. The van der Waals surface area contributed by atoms with E-state index in [4.69, 9.17) is 5.11 Å². The summed E-state index contributed by atoms with van der Waals surface area (Å²) in [5.74, 6) is -0.821. The second kappa shape index (κ2) is 4.44. The number of carboxylic acids is 1. The molecule has 0 fully saturated rings. The standard InChI is InChI=1S/C14H16O4/c1-7-8(2)14(18)10(4-6-12(16)17)13-9(7)3-5-11(13)15/h18H,3-6H2,1-2H3,(H,16,17). The minimum atomic E-state index is -0.924. The van der Waals surface area contributed by atoms with E-state index in [0.29, 0.717) is 24.0 Å². The van der Waals surface area contributed by atoms with Gasteiger partial charge >= 0.3 is 5.97 Å². The number of carbonyl (C=O) groups excluding carboxylic acids is 1. The molecular weight excluding hydrogens is 232 g/mol. The van der Waals surface area contributed by atoms with Crippen LogP contribution in [-0.2, 0) is 17.6 Å². The molecule has 0 bridgehead atoms. The van der Waals surface area contributed by atoms with Gasteiger partial charge in [-0.2, -0.15) is 0 Å². The smallest absolute Gasteiger partial charge is 0.303 e. The lowest BCUT2D eigenvalue weighted by atomic mass is 9.91. The Bertz CT molecular complexity index is 543. The van der Waals surface area contributed by atoms with Gasteiger partial charge in [0.1, 0.15) is 5.75 Å². The molecule has 18 heavy (non-hydrogen) atoms. The number of phenols is 1. The molecule has 2 N–H and O–H groups in total. The minimum Gasteiger partial charge on any atom is -0.507 e. The Hall–Kier alpha value is -1.84. The Morgan fingerprint density at radius 3 is 2.50 bits per heavy atom. The molecule has 4 nitrogen and oxygen atoms in total. The van der Waals surface area contributed by atoms with Crippen molar-refractivity contribution in [3.05, 3.63) is 27.8 Å². The highest BCUT2D eigenvalue weighted by Crippen LogP contribution is 2.38. The maximum atomic E-state index is 11.9. The van der Waals surface area contributed by atoms with Crippen molar-refractivity contribution in [3.63, 3.8) is 0 Å². The molecule has 0 atom stereocenters. The summed E-state index contributed by atoms with van der Waals surface area (Å²) in [6.07, 6.45) is 1.28. The number of carboxylic acid groups (broad SMARTS) is 1. The number of hydrogen-bond donors (Lipinski definition) is 2. The first-order chi connectivity index (χ1) is 8.43. The maximum absolute atomic E-state index is 11.9. The van der Waals surface area contributed by atoms with Crippen molar-refractivity contribution in [1.29, 1.82) is 0 Å². The van der Waals surface area contributed by atoms with Crippen LogP contribution in [0.4, 0.5) is 0 Å². The van der Waals surface area contributed by atoms with Gasteiger partial charge in [0.25, 0.3) is 0 Å². The first-order valence-corrected chi connectivity index (χ1v) is 6.02. The summed E-state index contributed by atoms with van der Waals surface area (Å²) in [5.41, 5.74) is 3.77. The van der Waals surface area contributed by atoms with Crippen LogP contribution >= 0.6 is 0 Å². The van der Waals surface area contributed by atoms with E-state index in [9.17, 15) is 14.7 Å². The minimum absolute atomic E-state index is 0.0174. The van der Waals surface area contributed by atoms with Crippen LogP contribution in [0.5, 0.6) is 5.75 Å². The monoisotopic (exact) mass is 248 g/mol. The van der Waals surface area contributed by atoms with Gasteiger partial charge in [0.05, 0.1) is 0 Å². The lowest BCUT2D eigenvalue weighted by molar-refractivity contribution is -0.136. The van der Waals surface area contributed by atoms with Gasteiger partial charge in [0.15, 0.2) is 5.78 Å². The van der Waals surface area contributed by atoms with Crippen molar-refractivity contribution >= 4 is 11.8 Å². The van der Waals surface area contributed by atoms with Crippen molar-refractivity contribution in [3.8, 4) is 5.75 Å². The lowest BCUT2D eigenvalue weighted by Crippen LogP contribution is -2.06. The largest absolute Gasteiger partial charge is 0.507 e. The molecule has 96 valence electrons. The lowest BCUT2D eigenvalue weighted by Gasteiger charge is -2.15. The summed E-state index contributed by atoms with van der Waals surface area (Å²) < 4.78 is 0. The fraction of sp³-hybridized carbons (Fsp3) is 0.429. The average Bonchev–Trinajstić information content (AvgIpc) is 2.68. The van der Waals surface area contributed by atoms with Gasteiger partial charge < -0.3 is 10.2 Å². The maximum Gasteiger partial charge on any atom is 0.303 e. The molecule has 2 rings (SSSR count). The second-order valence-electron chi connectivity index (χ2n) is 4.75. The highest BCUT2D eigenvalue weighted by Gasteiger charge is 2.28. The number of carbonyl (C=O) groups is 2. The number of Topliss-reactive ketones (excluding diaryl/α,β-unsaturated/α-hetero) is 1. The Labute approximate surface area is 105 Å². The molecule has 0 saturated heterocycles. The molecular formula is C14H16O4. The molecule has 4 heteroatoms. The van der Waals surface area contributed by atoms with Gasteiger partial charge in [0, 0.05) is 24.0 Å². The summed E-state index contributed by atoms with van der Waals surface area (Å²) in [4.78, 5) is 22.5. The van der Waals surface area contributed by atoms with Crippen molar-refractivity contribution in [2.75, 3.05) is 0 Å². The molecule has 0 amide bonds. The van der Waals surface area contributed by atoms with Crippen LogP contribution in [0, 0.1) is 13.8 Å². The van der Waals surface area contributed by atoms with Crippen molar-refractivity contribution in [2.45, 2.75) is 39.5 Å². The number of fused-ring (bicyclic) bond motifs is 1. The van der Waals surface area contributed by atoms with Crippen LogP contribution < -0.4 is 0 Å². The molecule has 0 radical (unpaired) electrons. The number of benzene rings is 1. The zero-order chi connectivity index (χ0) is 13.4. The van der Waals surface area contributed by atoms with Crippen molar-refractivity contribution in [1.82, 2.24) is 0 Å². The highest BCUT2D eigenvalue weighted by atomic mass is 16.4. The molecule has 1 aliphatic rings. The third-order valence-corrected chi connectivity index (χ3v) is 3.73. The molecule has 1 aliphatic carbocycles. The van der Waals surface area contributed by atoms with E-state index in [2.05, 4.69) is 0 Å². The summed E-state index contributed by atoms with van der Waals surface area (Å²) in [6, 6.07) is 0. The van der Waals surface area contributed by atoms with Crippen LogP contribution in [-0.4, -0.2) is 22.0 Å². The Morgan fingerprint density at radius 1 is 1.22 bits per heavy atom. The Balaban J connectivity index is 2.57. The number of hydrogen-bond acceptors (Lipinski definition) is 3. The molecule has 0 unspecified atom stereocenters. The van der Waals surface area contributed by atoms with Crippen LogP contribution in [0.1, 0.15) is 45.5 Å². The normalized spacial score (nSPS) is 13.8. The van der Waals surface area contributed by atoms with E-state index in [1.807, 2.05) is 6.92 Å². The van der Waals surface area contributed by atoms with E-state index in [1.165, 1.54) is 0 Å². The quantitative estimate of drug-likeness (QED) is 0.859. The van der Waals surface area contributed by atoms with Gasteiger partial charge in [0.2, 0.25) is 0 Å². The first kappa shape index (κ1) is 12.6. The number of ketones is 1. The van der Waals surface area contributed by atoms with Crippen molar-refractivity contribution < 1.29 is 19.8 Å². The number of aromatic hydroxyl groups is 1. The van der Waals surface area contributed by atoms with E-state index >= 15 is 0 Å². The molecule has 0 aromatic heterocycles. The number of aliphatic carboxylic acids is 1. The molecule has 0 aliphatic heterocycles. The number of phenolic OH excluding ortho intramolecular Hbond substituents is 1. The zero-order valence-electron chi connectivity index (χ0n) is 10.5. The predicted octanol–water partition coefficient (Wildman–Crippen LogP) is 2.16. The third kappa shape index (κ3) is 1.88. The fourth-order valence-electron chi connectivity index (χ4n) is 2.61. The van der Waals surface area contributed by atoms with Gasteiger partial charge in [-0.05, 0) is 43.4 Å². The van der Waals surface area contributed by atoms with Crippen LogP contribution in [0.2, 0.25) is 0 Å². The Morgan fingerprint density at radius 2 is 1.89 bits per heavy atom. The predicted molar refractivity (Wildman–Crippen MR) is 66.2 cm³/mol. The van der Waals surface area contributed by atoms with E-state index in [-0.39, 0.29) is 24.4 Å². The number of rotatable bonds is 3. The van der Waals surface area contributed by atoms with E-state index in [1.54, 1.807) is 6.92 Å². The zero-order valence-corrected chi connectivity index (χ0v) is 10.5. The second-order valence-corrected chi connectivity index (χ2v) is 4.75. The molecule has 0 saturated carbocycles. The highest BCUT2D eigenvalue weighted by molar-refractivity contribution is 6.03. The van der Waals surface area contributed by atoms with Crippen LogP contribution in [0.15, 0.2) is 0 Å². The summed E-state index contributed by atoms with van der Waals surface area (Å²) in [6.45, 7) is 3.70. The first-order valence-electron chi connectivity index (χ1n) is 6.02. The van der Waals surface area contributed by atoms with E-state index < -0.39 is 5.97 Å². The fourth-order valence-corrected chi connectivity index (χ4v) is 2.61. The summed E-state index contributed by atoms with van der Waals surface area (Å²) in [7, 11) is 0. The summed E-state index contributed by atoms with van der Waals surface area (Å²) in [5, 5.41) is 18.9. The van der Waals surface area contributed by atoms with Gasteiger partial charge in [-0.25, -0.2) is 0 Å². The average molecular weight is 248 g/mol. The SMILES string of the molecule is Cc1c(C)c2c(c(CCC(=O)O)c1O)C(=O)CC2. The van der Waals surface area contributed by atoms with Gasteiger partial charge in [-0.3, -0.25) is 9.59 Å². The van der Waals surface area contributed by atoms with Crippen LogP contribution in [0.25, 0.3) is 0 Å². The Kier molecular flexibility index (Phi) is 3.11. The van der Waals surface area contributed by atoms with Gasteiger partial charge in [-0.15, -0.1) is 0 Å². The van der Waals surface area contributed by atoms with E-state index in [0.717, 1.165) is 16.7 Å². The molecule has 0 heterocycles. The molecule has 1 aromatic rings. The van der Waals surface area contributed by atoms with Crippen LogP contribution in [0.3, 0.4) is 0 Å². The third-order valence-electron chi connectivity index (χ3n) is 3.73. The van der Waals surface area contributed by atoms with Gasteiger partial charge in [-0.1, -0.05) is 0 Å². The topological polar surface area (TPSA) is 74.6 Å². The molecule has 0 spiro atoms. The molecule has 1 aromatic carbocycles. The van der Waals surface area contributed by atoms with Crippen molar-refractivity contribution in [2.24, 2.45) is 0 Å².